The van der Waals surface area contributed by atoms with E-state index in [9.17, 15) is 4.79 Å². The zero-order chi connectivity index (χ0) is 34.7. The summed E-state index contributed by atoms with van der Waals surface area (Å²) >= 11 is 0. The maximum absolute atomic E-state index is 10.3. The maximum atomic E-state index is 10.3. The van der Waals surface area contributed by atoms with Crippen LogP contribution in [0.4, 0.5) is 0 Å². The Kier molecular flexibility index (Phi) is 43.0. The lowest BCUT2D eigenvalue weighted by molar-refractivity contribution is -0.142. The smallest absolute Gasteiger partial charge is 0.329 e. The highest BCUT2D eigenvalue weighted by molar-refractivity contribution is 5.67. The van der Waals surface area contributed by atoms with Crippen molar-refractivity contribution in [3.8, 4) is 0 Å². The van der Waals surface area contributed by atoms with Crippen LogP contribution in [0, 0.1) is 0 Å². The highest BCUT2D eigenvalue weighted by Crippen LogP contribution is 2.02. The molecule has 0 radical (unpaired) electrons. The van der Waals surface area contributed by atoms with E-state index >= 15 is 0 Å². The first kappa shape index (κ1) is 47.0. The number of ether oxygens (including phenoxy) is 13. The molecule has 0 atom stereocenters. The first-order chi connectivity index (χ1) is 23.8. The average Bonchev–Trinajstić information content (AvgIpc) is 3.08. The number of aliphatic carboxylic acids is 1. The molecular formula is C33H66O15. The molecule has 0 bridgehead atoms. The Morgan fingerprint density at radius 1 is 0.312 bits per heavy atom. The highest BCUT2D eigenvalue weighted by atomic mass is 16.6. The van der Waals surface area contributed by atoms with Gasteiger partial charge in [-0.15, -0.1) is 0 Å². The van der Waals surface area contributed by atoms with E-state index in [1.54, 1.807) is 0 Å². The second kappa shape index (κ2) is 44.0. The molecule has 0 rings (SSSR count). The van der Waals surface area contributed by atoms with Crippen molar-refractivity contribution in [2.45, 2.75) is 39.0 Å². The molecule has 0 aromatic rings. The Morgan fingerprint density at radius 3 is 0.750 bits per heavy atom. The van der Waals surface area contributed by atoms with E-state index in [1.807, 2.05) is 0 Å². The summed E-state index contributed by atoms with van der Waals surface area (Å²) in [5, 5.41) is 8.43. The number of rotatable bonds is 44. The van der Waals surface area contributed by atoms with Crippen molar-refractivity contribution >= 4 is 5.97 Å². The van der Waals surface area contributed by atoms with Crippen LogP contribution in [0.5, 0.6) is 0 Å². The van der Waals surface area contributed by atoms with Crippen molar-refractivity contribution in [1.82, 2.24) is 0 Å². The zero-order valence-electron chi connectivity index (χ0n) is 29.6. The van der Waals surface area contributed by atoms with E-state index in [1.165, 1.54) is 25.7 Å². The van der Waals surface area contributed by atoms with Crippen LogP contribution >= 0.6 is 0 Å². The predicted molar refractivity (Wildman–Crippen MR) is 177 cm³/mol. The van der Waals surface area contributed by atoms with Crippen LogP contribution in [0.15, 0.2) is 0 Å². The van der Waals surface area contributed by atoms with Crippen LogP contribution in [-0.4, -0.2) is 183 Å². The Hall–Kier alpha value is -1.05. The minimum atomic E-state index is -0.995. The molecular weight excluding hydrogens is 636 g/mol. The van der Waals surface area contributed by atoms with Crippen molar-refractivity contribution < 1.29 is 71.5 Å². The van der Waals surface area contributed by atoms with Crippen LogP contribution in [-0.2, 0) is 66.4 Å². The van der Waals surface area contributed by atoms with Gasteiger partial charge in [-0.1, -0.05) is 32.6 Å². The molecule has 15 heteroatoms. The lowest BCUT2D eigenvalue weighted by atomic mass is 10.2. The van der Waals surface area contributed by atoms with Crippen LogP contribution in [0.2, 0.25) is 0 Å². The molecule has 0 spiro atoms. The van der Waals surface area contributed by atoms with E-state index in [0.29, 0.717) is 152 Å². The topological polar surface area (TPSA) is 157 Å². The molecule has 15 nitrogen and oxygen atoms in total. The molecule has 0 unspecified atom stereocenters. The molecule has 0 saturated carbocycles. The Balaban J connectivity index is 3.04. The minimum absolute atomic E-state index is 0.242. The van der Waals surface area contributed by atoms with Gasteiger partial charge in [-0.3, -0.25) is 0 Å². The number of hydrogen-bond donors (Lipinski definition) is 1. The molecule has 0 saturated heterocycles. The third kappa shape index (κ3) is 45.0. The molecule has 0 aromatic heterocycles. The van der Waals surface area contributed by atoms with Gasteiger partial charge in [0.05, 0.1) is 159 Å². The Labute approximate surface area is 288 Å². The van der Waals surface area contributed by atoms with Gasteiger partial charge in [-0.2, -0.15) is 0 Å². The number of unbranched alkanes of at least 4 members (excludes halogenated alkanes) is 4. The molecule has 48 heavy (non-hydrogen) atoms. The molecule has 0 aliphatic heterocycles. The van der Waals surface area contributed by atoms with Gasteiger partial charge in [0.25, 0.3) is 0 Å². The minimum Gasteiger partial charge on any atom is -0.480 e. The summed E-state index contributed by atoms with van der Waals surface area (Å²) in [6, 6.07) is 0. The molecule has 0 fully saturated rings. The second-order valence-electron chi connectivity index (χ2n) is 10.2. The standard InChI is InChI=1S/C33H66O15/c1-2-3-4-5-6-7-36-8-9-37-10-11-38-12-13-39-14-15-40-16-17-41-18-19-42-20-21-43-22-23-44-24-25-45-26-27-46-28-29-47-30-31-48-32-33(34)35/h2-32H2,1H3,(H,34,35). The van der Waals surface area contributed by atoms with Crippen molar-refractivity contribution in [2.75, 3.05) is 172 Å². The fourth-order valence-corrected chi connectivity index (χ4v) is 3.61. The van der Waals surface area contributed by atoms with Gasteiger partial charge in [0.15, 0.2) is 0 Å². The van der Waals surface area contributed by atoms with E-state index in [0.717, 1.165) is 13.0 Å². The monoisotopic (exact) mass is 702 g/mol. The molecule has 288 valence electrons. The van der Waals surface area contributed by atoms with Crippen molar-refractivity contribution in [3.63, 3.8) is 0 Å². The molecule has 1 N–H and O–H groups in total. The predicted octanol–water partition coefficient (Wildman–Crippen LogP) is 2.26. The maximum Gasteiger partial charge on any atom is 0.329 e. The van der Waals surface area contributed by atoms with Gasteiger partial charge in [0, 0.05) is 6.61 Å². The van der Waals surface area contributed by atoms with Crippen molar-refractivity contribution in [2.24, 2.45) is 0 Å². The van der Waals surface area contributed by atoms with Gasteiger partial charge in [0.2, 0.25) is 0 Å². The summed E-state index contributed by atoms with van der Waals surface area (Å²) < 4.78 is 70.3. The fourth-order valence-electron chi connectivity index (χ4n) is 3.61. The number of carbonyl (C=O) groups is 1. The fraction of sp³-hybridized carbons (Fsp3) is 0.970. The SMILES string of the molecule is CCCCCCCOCCOCCOCCOCCOCCOCCOCCOCCOCCOCCOCCOCCOCC(=O)O. The number of carboxylic acids is 1. The lowest BCUT2D eigenvalue weighted by Crippen LogP contribution is -2.15. The summed E-state index contributed by atoms with van der Waals surface area (Å²) in [6.07, 6.45) is 6.25. The Bertz CT molecular complexity index is 603. The molecule has 0 aliphatic rings. The third-order valence-electron chi connectivity index (χ3n) is 6.08. The van der Waals surface area contributed by atoms with Gasteiger partial charge in [-0.05, 0) is 6.42 Å². The second-order valence-corrected chi connectivity index (χ2v) is 10.2. The van der Waals surface area contributed by atoms with E-state index < -0.39 is 5.97 Å². The lowest BCUT2D eigenvalue weighted by Gasteiger charge is -2.09. The van der Waals surface area contributed by atoms with E-state index in [4.69, 9.17) is 66.7 Å². The van der Waals surface area contributed by atoms with Crippen LogP contribution in [0.1, 0.15) is 39.0 Å². The number of carboxylic acid groups (broad SMARTS) is 1. The zero-order valence-corrected chi connectivity index (χ0v) is 29.6. The first-order valence-electron chi connectivity index (χ1n) is 17.5. The normalized spacial score (nSPS) is 11.5. The largest absolute Gasteiger partial charge is 0.480 e. The van der Waals surface area contributed by atoms with Crippen LogP contribution in [0.25, 0.3) is 0 Å². The third-order valence-corrected chi connectivity index (χ3v) is 6.08. The van der Waals surface area contributed by atoms with Gasteiger partial charge < -0.3 is 66.7 Å². The van der Waals surface area contributed by atoms with Gasteiger partial charge >= 0.3 is 5.97 Å². The van der Waals surface area contributed by atoms with Gasteiger partial charge in [-0.25, -0.2) is 4.79 Å². The van der Waals surface area contributed by atoms with E-state index in [2.05, 4.69) is 6.92 Å². The van der Waals surface area contributed by atoms with Crippen LogP contribution < -0.4 is 0 Å². The van der Waals surface area contributed by atoms with E-state index in [-0.39, 0.29) is 13.2 Å². The van der Waals surface area contributed by atoms with Crippen LogP contribution in [0.3, 0.4) is 0 Å². The highest BCUT2D eigenvalue weighted by Gasteiger charge is 1.98. The summed E-state index contributed by atoms with van der Waals surface area (Å²) in [5.41, 5.74) is 0. The first-order valence-corrected chi connectivity index (χ1v) is 17.5. The number of hydrogen-bond acceptors (Lipinski definition) is 14. The molecule has 0 aliphatic carbocycles. The average molecular weight is 703 g/mol. The van der Waals surface area contributed by atoms with Crippen molar-refractivity contribution in [1.29, 1.82) is 0 Å². The summed E-state index contributed by atoms with van der Waals surface area (Å²) in [7, 11) is 0. The quantitative estimate of drug-likeness (QED) is 0.0922. The molecule has 0 heterocycles. The summed E-state index contributed by atoms with van der Waals surface area (Å²) in [6.45, 7) is 14.5. The summed E-state index contributed by atoms with van der Waals surface area (Å²) in [4.78, 5) is 10.3. The molecule has 0 aromatic carbocycles. The summed E-state index contributed by atoms with van der Waals surface area (Å²) in [5.74, 6) is -0.995. The molecule has 0 amide bonds. The van der Waals surface area contributed by atoms with Gasteiger partial charge in [0.1, 0.15) is 6.61 Å². The van der Waals surface area contributed by atoms with Crippen molar-refractivity contribution in [3.05, 3.63) is 0 Å². The Morgan fingerprint density at radius 2 is 0.521 bits per heavy atom.